The fourth-order valence-electron chi connectivity index (χ4n) is 1.92. The summed E-state index contributed by atoms with van der Waals surface area (Å²) in [5.74, 6) is -1.20. The molecule has 0 unspecified atom stereocenters. The highest BCUT2D eigenvalue weighted by molar-refractivity contribution is 5.70. The third kappa shape index (κ3) is 5.84. The van der Waals surface area contributed by atoms with E-state index in [9.17, 15) is 9.59 Å². The van der Waals surface area contributed by atoms with Gasteiger partial charge in [-0.1, -0.05) is 24.3 Å². The lowest BCUT2D eigenvalue weighted by molar-refractivity contribution is -0.145. The van der Waals surface area contributed by atoms with E-state index in [1.165, 1.54) is 0 Å². The Morgan fingerprint density at radius 1 is 1.30 bits per heavy atom. The minimum atomic E-state index is -0.901. The highest BCUT2D eigenvalue weighted by atomic mass is 16.5. The van der Waals surface area contributed by atoms with Crippen LogP contribution in [0.15, 0.2) is 24.3 Å². The Kier molecular flexibility index (Phi) is 6.73. The van der Waals surface area contributed by atoms with E-state index >= 15 is 0 Å². The largest absolute Gasteiger partial charge is 0.480 e. The van der Waals surface area contributed by atoms with Gasteiger partial charge in [-0.15, -0.1) is 0 Å². The number of nitrogens with zero attached hydrogens (tertiary/aromatic N) is 1. The Bertz CT molecular complexity index is 459. The molecule has 110 valence electrons. The zero-order valence-electron chi connectivity index (χ0n) is 12.0. The molecule has 0 saturated carbocycles. The molecule has 0 aliphatic rings. The maximum Gasteiger partial charge on any atom is 0.317 e. The average molecular weight is 279 g/mol. The van der Waals surface area contributed by atoms with Crippen LogP contribution in [0.4, 0.5) is 0 Å². The van der Waals surface area contributed by atoms with Gasteiger partial charge in [0.2, 0.25) is 0 Å². The summed E-state index contributed by atoms with van der Waals surface area (Å²) < 4.78 is 4.86. The molecule has 20 heavy (non-hydrogen) atoms. The number of carbonyl (C=O) groups excluding carboxylic acids is 1. The number of rotatable bonds is 8. The van der Waals surface area contributed by atoms with Gasteiger partial charge in [-0.3, -0.25) is 14.5 Å². The van der Waals surface area contributed by atoms with Gasteiger partial charge in [-0.2, -0.15) is 0 Å². The maximum absolute atomic E-state index is 11.4. The van der Waals surface area contributed by atoms with Crippen LogP contribution < -0.4 is 0 Å². The number of hydrogen-bond acceptors (Lipinski definition) is 4. The maximum atomic E-state index is 11.4. The van der Waals surface area contributed by atoms with Crippen molar-refractivity contribution in [3.05, 3.63) is 35.4 Å². The summed E-state index contributed by atoms with van der Waals surface area (Å²) in [5, 5.41) is 8.94. The highest BCUT2D eigenvalue weighted by Gasteiger charge is 2.13. The van der Waals surface area contributed by atoms with Crippen LogP contribution in [0, 0.1) is 6.92 Å². The second-order valence-electron chi connectivity index (χ2n) is 4.59. The minimum Gasteiger partial charge on any atom is -0.480 e. The molecule has 0 bridgehead atoms. The van der Waals surface area contributed by atoms with Crippen molar-refractivity contribution in [3.63, 3.8) is 0 Å². The van der Waals surface area contributed by atoms with Gasteiger partial charge in [-0.05, 0) is 25.0 Å². The van der Waals surface area contributed by atoms with E-state index in [4.69, 9.17) is 9.84 Å². The quantitative estimate of drug-likeness (QED) is 0.735. The van der Waals surface area contributed by atoms with Crippen molar-refractivity contribution in [2.75, 3.05) is 19.7 Å². The van der Waals surface area contributed by atoms with E-state index in [1.807, 2.05) is 31.2 Å². The molecule has 0 aliphatic carbocycles. The molecule has 0 atom stereocenters. The molecule has 1 rings (SSSR count). The van der Waals surface area contributed by atoms with E-state index < -0.39 is 5.97 Å². The van der Waals surface area contributed by atoms with Crippen LogP contribution in [0.2, 0.25) is 0 Å². The van der Waals surface area contributed by atoms with Gasteiger partial charge in [-0.25, -0.2) is 0 Å². The molecule has 0 aromatic heterocycles. The van der Waals surface area contributed by atoms with Crippen molar-refractivity contribution in [2.45, 2.75) is 26.8 Å². The minimum absolute atomic E-state index is 0.0895. The zero-order chi connectivity index (χ0) is 15.0. The van der Waals surface area contributed by atoms with Crippen LogP contribution in [0.25, 0.3) is 0 Å². The van der Waals surface area contributed by atoms with Gasteiger partial charge in [0.1, 0.15) is 0 Å². The standard InChI is InChI=1S/C15H21NO4/c1-3-20-15(19)8-9-16(11-14(17)18)10-13-7-5-4-6-12(13)2/h4-7H,3,8-11H2,1-2H3,(H,17,18). The predicted molar refractivity (Wildman–Crippen MR) is 75.3 cm³/mol. The van der Waals surface area contributed by atoms with Gasteiger partial charge >= 0.3 is 11.9 Å². The molecule has 1 aromatic rings. The van der Waals surface area contributed by atoms with Crippen molar-refractivity contribution in [1.82, 2.24) is 4.90 Å². The van der Waals surface area contributed by atoms with Crippen LogP contribution in [-0.4, -0.2) is 41.6 Å². The fourth-order valence-corrected chi connectivity index (χ4v) is 1.92. The number of carbonyl (C=O) groups is 2. The lowest BCUT2D eigenvalue weighted by Crippen LogP contribution is -2.32. The first-order chi connectivity index (χ1) is 9.52. The first-order valence-electron chi connectivity index (χ1n) is 6.67. The van der Waals surface area contributed by atoms with E-state index in [0.29, 0.717) is 19.7 Å². The van der Waals surface area contributed by atoms with E-state index in [1.54, 1.807) is 11.8 Å². The Balaban J connectivity index is 2.62. The summed E-state index contributed by atoms with van der Waals surface area (Å²) in [6.07, 6.45) is 0.201. The third-order valence-corrected chi connectivity index (χ3v) is 2.95. The van der Waals surface area contributed by atoms with Crippen molar-refractivity contribution >= 4 is 11.9 Å². The summed E-state index contributed by atoms with van der Waals surface area (Å²) in [6.45, 7) is 4.88. The molecule has 1 N–H and O–H groups in total. The number of carboxylic acids is 1. The molecule has 0 fully saturated rings. The van der Waals surface area contributed by atoms with Crippen molar-refractivity contribution in [2.24, 2.45) is 0 Å². The lowest BCUT2D eigenvalue weighted by atomic mass is 10.1. The molecular formula is C15H21NO4. The van der Waals surface area contributed by atoms with Gasteiger partial charge in [0.15, 0.2) is 0 Å². The van der Waals surface area contributed by atoms with Gasteiger partial charge in [0.05, 0.1) is 19.6 Å². The molecular weight excluding hydrogens is 258 g/mol. The summed E-state index contributed by atoms with van der Waals surface area (Å²) in [5.41, 5.74) is 2.18. The number of aliphatic carboxylic acids is 1. The highest BCUT2D eigenvalue weighted by Crippen LogP contribution is 2.10. The molecule has 0 radical (unpaired) electrons. The Morgan fingerprint density at radius 2 is 2.00 bits per heavy atom. The predicted octanol–water partition coefficient (Wildman–Crippen LogP) is 1.83. The van der Waals surface area contributed by atoms with Crippen LogP contribution in [0.5, 0.6) is 0 Å². The Hall–Kier alpha value is -1.88. The monoisotopic (exact) mass is 279 g/mol. The number of ether oxygens (including phenoxy) is 1. The van der Waals surface area contributed by atoms with Gasteiger partial charge in [0.25, 0.3) is 0 Å². The molecule has 5 heteroatoms. The van der Waals surface area contributed by atoms with E-state index in [0.717, 1.165) is 11.1 Å². The molecule has 0 heterocycles. The fraction of sp³-hybridized carbons (Fsp3) is 0.467. The molecule has 0 aliphatic heterocycles. The van der Waals surface area contributed by atoms with Crippen molar-refractivity contribution in [1.29, 1.82) is 0 Å². The van der Waals surface area contributed by atoms with Crippen LogP contribution in [0.3, 0.4) is 0 Å². The van der Waals surface area contributed by atoms with E-state index in [2.05, 4.69) is 0 Å². The molecule has 1 aromatic carbocycles. The number of aryl methyl sites for hydroxylation is 1. The molecule has 0 amide bonds. The first-order valence-corrected chi connectivity index (χ1v) is 6.67. The first kappa shape index (κ1) is 16.2. The second-order valence-corrected chi connectivity index (χ2v) is 4.59. The zero-order valence-corrected chi connectivity index (χ0v) is 12.0. The molecule has 0 spiro atoms. The van der Waals surface area contributed by atoms with Crippen molar-refractivity contribution in [3.8, 4) is 0 Å². The SMILES string of the molecule is CCOC(=O)CCN(CC(=O)O)Cc1ccccc1C. The number of hydrogen-bond donors (Lipinski definition) is 1. The lowest BCUT2D eigenvalue weighted by Gasteiger charge is -2.20. The third-order valence-electron chi connectivity index (χ3n) is 2.95. The van der Waals surface area contributed by atoms with E-state index in [-0.39, 0.29) is 18.9 Å². The summed E-state index contributed by atoms with van der Waals surface area (Å²) >= 11 is 0. The normalized spacial score (nSPS) is 10.6. The summed E-state index contributed by atoms with van der Waals surface area (Å²) in [6, 6.07) is 7.82. The van der Waals surface area contributed by atoms with Gasteiger partial charge in [0, 0.05) is 13.1 Å². The van der Waals surface area contributed by atoms with Crippen LogP contribution in [-0.2, 0) is 20.9 Å². The van der Waals surface area contributed by atoms with Crippen LogP contribution in [0.1, 0.15) is 24.5 Å². The Morgan fingerprint density at radius 3 is 2.60 bits per heavy atom. The average Bonchev–Trinajstić information content (AvgIpc) is 2.38. The Labute approximate surface area is 119 Å². The molecule has 0 saturated heterocycles. The molecule has 5 nitrogen and oxygen atoms in total. The van der Waals surface area contributed by atoms with Gasteiger partial charge < -0.3 is 9.84 Å². The number of esters is 1. The van der Waals surface area contributed by atoms with Crippen LogP contribution >= 0.6 is 0 Å². The number of carboxylic acid groups (broad SMARTS) is 1. The summed E-state index contributed by atoms with van der Waals surface area (Å²) in [7, 11) is 0. The topological polar surface area (TPSA) is 66.8 Å². The smallest absolute Gasteiger partial charge is 0.317 e. The second kappa shape index (κ2) is 8.32. The van der Waals surface area contributed by atoms with Crippen molar-refractivity contribution < 1.29 is 19.4 Å². The summed E-state index contributed by atoms with van der Waals surface area (Å²) in [4.78, 5) is 24.0. The number of benzene rings is 1.